The molecule has 0 fully saturated rings. The average molecular weight is 425 g/mol. The quantitative estimate of drug-likeness (QED) is 0.495. The first-order valence-electron chi connectivity index (χ1n) is 9.04. The topological polar surface area (TPSA) is 95.9 Å². The summed E-state index contributed by atoms with van der Waals surface area (Å²) in [6.07, 6.45) is 1.20. The van der Waals surface area contributed by atoms with Crippen molar-refractivity contribution in [1.29, 1.82) is 0 Å². The minimum absolute atomic E-state index is 0.130. The maximum atomic E-state index is 13.7. The lowest BCUT2D eigenvalue weighted by atomic mass is 10.1. The number of carbonyl (C=O) groups is 2. The van der Waals surface area contributed by atoms with Crippen molar-refractivity contribution < 1.29 is 33.3 Å². The monoisotopic (exact) mass is 425 g/mol. The molecule has 3 aromatic carbocycles. The first-order valence-corrected chi connectivity index (χ1v) is 9.04. The summed E-state index contributed by atoms with van der Waals surface area (Å²) in [6, 6.07) is 15.3. The van der Waals surface area contributed by atoms with E-state index in [1.165, 1.54) is 6.08 Å². The molecule has 0 unspecified atom stereocenters. The first kappa shape index (κ1) is 21.5. The smallest absolute Gasteiger partial charge is 0.352 e. The Bertz CT molecular complexity index is 1140. The number of hydrogen-bond acceptors (Lipinski definition) is 4. The van der Waals surface area contributed by atoms with Gasteiger partial charge in [-0.05, 0) is 53.6 Å². The summed E-state index contributed by atoms with van der Waals surface area (Å²) in [5, 5.41) is 20.9. The zero-order valence-electron chi connectivity index (χ0n) is 16.0. The summed E-state index contributed by atoms with van der Waals surface area (Å²) in [5.41, 5.74) is 0.251. The van der Waals surface area contributed by atoms with Crippen LogP contribution in [0.5, 0.6) is 11.5 Å². The predicted octanol–water partition coefficient (Wildman–Crippen LogP) is 4.10. The van der Waals surface area contributed by atoms with Crippen LogP contribution in [0.15, 0.2) is 72.4 Å². The molecule has 0 aliphatic rings. The van der Waals surface area contributed by atoms with Crippen LogP contribution in [0.3, 0.4) is 0 Å². The molecule has 31 heavy (non-hydrogen) atoms. The molecule has 0 bridgehead atoms. The number of carbonyl (C=O) groups excluding carboxylic acids is 1. The molecule has 0 aromatic heterocycles. The molecule has 0 heterocycles. The standard InChI is InChI=1S/C23H17F2NO5/c24-16-6-9-19(20(25)12-16)22(28)26-21(23(29)30)11-14-4-7-18(8-5-14)31-13-15-2-1-3-17(27)10-15/h1-12,27H,13H2,(H,26,28)(H,29,30)/b21-11-. The third-order valence-electron chi connectivity index (χ3n) is 4.16. The van der Waals surface area contributed by atoms with Crippen molar-refractivity contribution >= 4 is 18.0 Å². The van der Waals surface area contributed by atoms with Crippen molar-refractivity contribution in [2.45, 2.75) is 6.61 Å². The third kappa shape index (κ3) is 5.89. The van der Waals surface area contributed by atoms with Gasteiger partial charge in [0, 0.05) is 6.07 Å². The second-order valence-electron chi connectivity index (χ2n) is 6.47. The summed E-state index contributed by atoms with van der Waals surface area (Å²) >= 11 is 0. The molecule has 0 radical (unpaired) electrons. The van der Waals surface area contributed by atoms with Crippen molar-refractivity contribution in [3.63, 3.8) is 0 Å². The molecule has 8 heteroatoms. The van der Waals surface area contributed by atoms with Crippen LogP contribution in [0.25, 0.3) is 6.08 Å². The van der Waals surface area contributed by atoms with E-state index in [4.69, 9.17) is 4.74 Å². The first-order chi connectivity index (χ1) is 14.8. The van der Waals surface area contributed by atoms with Gasteiger partial charge in [0.2, 0.25) is 0 Å². The van der Waals surface area contributed by atoms with Crippen LogP contribution < -0.4 is 10.1 Å². The number of phenols is 1. The number of hydrogen-bond donors (Lipinski definition) is 3. The lowest BCUT2D eigenvalue weighted by Gasteiger charge is -2.09. The number of amides is 1. The van der Waals surface area contributed by atoms with Crippen molar-refractivity contribution in [3.8, 4) is 11.5 Å². The highest BCUT2D eigenvalue weighted by atomic mass is 19.1. The average Bonchev–Trinajstić information content (AvgIpc) is 2.72. The summed E-state index contributed by atoms with van der Waals surface area (Å²) in [4.78, 5) is 23.6. The number of aliphatic carboxylic acids is 1. The van der Waals surface area contributed by atoms with Crippen molar-refractivity contribution in [3.05, 3.63) is 101 Å². The van der Waals surface area contributed by atoms with Crippen molar-refractivity contribution in [2.24, 2.45) is 0 Å². The van der Waals surface area contributed by atoms with Gasteiger partial charge < -0.3 is 20.3 Å². The van der Waals surface area contributed by atoms with Crippen LogP contribution in [0.1, 0.15) is 21.5 Å². The number of benzene rings is 3. The Balaban J connectivity index is 1.70. The van der Waals surface area contributed by atoms with E-state index in [0.29, 0.717) is 17.4 Å². The summed E-state index contributed by atoms with van der Waals surface area (Å²) < 4.78 is 32.3. The Morgan fingerprint density at radius 1 is 1.00 bits per heavy atom. The molecule has 0 atom stereocenters. The van der Waals surface area contributed by atoms with E-state index in [9.17, 15) is 28.6 Å². The molecule has 1 amide bonds. The molecule has 0 aliphatic carbocycles. The van der Waals surface area contributed by atoms with E-state index in [1.807, 2.05) is 0 Å². The van der Waals surface area contributed by atoms with Crippen molar-refractivity contribution in [1.82, 2.24) is 5.32 Å². The zero-order chi connectivity index (χ0) is 22.4. The zero-order valence-corrected chi connectivity index (χ0v) is 16.0. The highest BCUT2D eigenvalue weighted by Crippen LogP contribution is 2.18. The maximum absolute atomic E-state index is 13.7. The van der Waals surface area contributed by atoms with Gasteiger partial charge in [0.1, 0.15) is 35.4 Å². The van der Waals surface area contributed by atoms with Gasteiger partial charge in [-0.15, -0.1) is 0 Å². The molecule has 0 spiro atoms. The minimum Gasteiger partial charge on any atom is -0.508 e. The SMILES string of the molecule is O=C(O)/C(=C/c1ccc(OCc2cccc(O)c2)cc1)NC(=O)c1ccc(F)cc1F. The van der Waals surface area contributed by atoms with Crippen LogP contribution >= 0.6 is 0 Å². The lowest BCUT2D eigenvalue weighted by Crippen LogP contribution is -2.28. The summed E-state index contributed by atoms with van der Waals surface area (Å²) in [7, 11) is 0. The Hall–Kier alpha value is -4.20. The number of carboxylic acid groups (broad SMARTS) is 1. The maximum Gasteiger partial charge on any atom is 0.352 e. The van der Waals surface area contributed by atoms with E-state index in [1.54, 1.807) is 48.5 Å². The molecule has 158 valence electrons. The van der Waals surface area contributed by atoms with Crippen LogP contribution in [-0.4, -0.2) is 22.1 Å². The molecule has 0 saturated carbocycles. The largest absolute Gasteiger partial charge is 0.508 e. The van der Waals surface area contributed by atoms with E-state index >= 15 is 0 Å². The van der Waals surface area contributed by atoms with E-state index in [-0.39, 0.29) is 12.4 Å². The van der Waals surface area contributed by atoms with Gasteiger partial charge in [0.15, 0.2) is 0 Å². The fourth-order valence-electron chi connectivity index (χ4n) is 2.65. The van der Waals surface area contributed by atoms with Gasteiger partial charge in [-0.3, -0.25) is 4.79 Å². The van der Waals surface area contributed by atoms with Gasteiger partial charge in [-0.25, -0.2) is 13.6 Å². The normalized spacial score (nSPS) is 11.1. The van der Waals surface area contributed by atoms with E-state index in [2.05, 4.69) is 5.32 Å². The van der Waals surface area contributed by atoms with Gasteiger partial charge in [0.05, 0.1) is 5.56 Å². The fourth-order valence-corrected chi connectivity index (χ4v) is 2.65. The molecular formula is C23H17F2NO5. The Labute approximate surface area is 176 Å². The number of phenolic OH excluding ortho intramolecular Hbond substituents is 1. The second kappa shape index (κ2) is 9.53. The molecule has 3 rings (SSSR count). The van der Waals surface area contributed by atoms with Gasteiger partial charge in [-0.2, -0.15) is 0 Å². The Morgan fingerprint density at radius 2 is 1.74 bits per heavy atom. The number of rotatable bonds is 7. The molecule has 3 aromatic rings. The number of ether oxygens (including phenoxy) is 1. The Morgan fingerprint density at radius 3 is 2.39 bits per heavy atom. The molecular weight excluding hydrogens is 408 g/mol. The van der Waals surface area contributed by atoms with Gasteiger partial charge in [0.25, 0.3) is 5.91 Å². The van der Waals surface area contributed by atoms with Gasteiger partial charge in [-0.1, -0.05) is 24.3 Å². The Kier molecular flexibility index (Phi) is 6.61. The predicted molar refractivity (Wildman–Crippen MR) is 108 cm³/mol. The number of halogens is 2. The number of aromatic hydroxyl groups is 1. The molecule has 0 saturated heterocycles. The van der Waals surface area contributed by atoms with Crippen LogP contribution in [0, 0.1) is 11.6 Å². The lowest BCUT2D eigenvalue weighted by molar-refractivity contribution is -0.132. The summed E-state index contributed by atoms with van der Waals surface area (Å²) in [6.45, 7) is 0.225. The van der Waals surface area contributed by atoms with Crippen LogP contribution in [-0.2, 0) is 11.4 Å². The van der Waals surface area contributed by atoms with Crippen molar-refractivity contribution in [2.75, 3.05) is 0 Å². The summed E-state index contributed by atoms with van der Waals surface area (Å²) in [5.74, 6) is -3.76. The number of carboxylic acids is 1. The third-order valence-corrected chi connectivity index (χ3v) is 4.16. The molecule has 6 nitrogen and oxygen atoms in total. The second-order valence-corrected chi connectivity index (χ2v) is 6.47. The van der Waals surface area contributed by atoms with Crippen LogP contribution in [0.4, 0.5) is 8.78 Å². The van der Waals surface area contributed by atoms with Gasteiger partial charge >= 0.3 is 5.97 Å². The van der Waals surface area contributed by atoms with E-state index in [0.717, 1.165) is 17.7 Å². The fraction of sp³-hybridized carbons (Fsp3) is 0.0435. The number of nitrogens with one attached hydrogen (secondary N) is 1. The molecule has 3 N–H and O–H groups in total. The molecule has 0 aliphatic heterocycles. The van der Waals surface area contributed by atoms with E-state index < -0.39 is 34.8 Å². The highest BCUT2D eigenvalue weighted by Gasteiger charge is 2.17. The minimum atomic E-state index is -1.43. The van der Waals surface area contributed by atoms with Crippen LogP contribution in [0.2, 0.25) is 0 Å². The highest BCUT2D eigenvalue weighted by molar-refractivity contribution is 6.02.